The highest BCUT2D eigenvalue weighted by Gasteiger charge is 2.19. The Balaban J connectivity index is 1.96. The third-order valence-corrected chi connectivity index (χ3v) is 5.07. The van der Waals surface area contributed by atoms with Gasteiger partial charge in [0.1, 0.15) is 11.6 Å². The van der Waals surface area contributed by atoms with Crippen LogP contribution in [-0.4, -0.2) is 61.6 Å². The number of aromatic nitrogens is 2. The van der Waals surface area contributed by atoms with Gasteiger partial charge in [-0.3, -0.25) is 4.79 Å². The number of amides is 1. The van der Waals surface area contributed by atoms with Gasteiger partial charge in [0, 0.05) is 38.1 Å². The number of ether oxygens (including phenoxy) is 1. The summed E-state index contributed by atoms with van der Waals surface area (Å²) in [7, 11) is 5.59. The summed E-state index contributed by atoms with van der Waals surface area (Å²) in [5.41, 5.74) is 1.50. The minimum Gasteiger partial charge on any atom is -0.433 e. The lowest BCUT2D eigenvalue weighted by atomic mass is 10.2. The zero-order valence-corrected chi connectivity index (χ0v) is 20.6. The molecule has 0 aliphatic carbocycles. The summed E-state index contributed by atoms with van der Waals surface area (Å²) in [5.74, 6) is -0.574. The van der Waals surface area contributed by atoms with Gasteiger partial charge in [-0.15, -0.1) is 0 Å². The molecule has 0 atom stereocenters. The summed E-state index contributed by atoms with van der Waals surface area (Å²) in [6.45, 7) is 1.60. The van der Waals surface area contributed by atoms with Gasteiger partial charge in [0.05, 0.1) is 17.1 Å². The van der Waals surface area contributed by atoms with Gasteiger partial charge in [0.25, 0.3) is 0 Å². The molecule has 0 bridgehead atoms. The fraction of sp³-hybridized carbons (Fsp3) is 0.240. The van der Waals surface area contributed by atoms with Gasteiger partial charge < -0.3 is 30.5 Å². The van der Waals surface area contributed by atoms with Crippen molar-refractivity contribution < 1.29 is 22.7 Å². The topological polar surface area (TPSA) is 94.6 Å². The largest absolute Gasteiger partial charge is 0.433 e. The number of nitrogens with one attached hydrogen (secondary N) is 3. The van der Waals surface area contributed by atoms with Crippen LogP contribution in [0.1, 0.15) is 0 Å². The number of alkyl halides is 2. The number of hydrogen-bond acceptors (Lipinski definition) is 8. The molecule has 3 aromatic rings. The zero-order valence-electron chi connectivity index (χ0n) is 20.6. The minimum atomic E-state index is -3.10. The Morgan fingerprint density at radius 1 is 1.08 bits per heavy atom. The average molecular weight is 516 g/mol. The maximum absolute atomic E-state index is 13.3. The van der Waals surface area contributed by atoms with Crippen LogP contribution in [0.4, 0.5) is 47.7 Å². The van der Waals surface area contributed by atoms with Crippen molar-refractivity contribution in [2.24, 2.45) is 0 Å². The molecule has 0 aliphatic heterocycles. The van der Waals surface area contributed by atoms with Crippen molar-refractivity contribution in [1.82, 2.24) is 14.9 Å². The molecule has 3 N–H and O–H groups in total. The maximum atomic E-state index is 13.3. The van der Waals surface area contributed by atoms with Crippen LogP contribution in [0.15, 0.2) is 61.3 Å². The molecular weight excluding hydrogens is 487 g/mol. The van der Waals surface area contributed by atoms with Gasteiger partial charge in [0.2, 0.25) is 11.9 Å². The molecule has 0 unspecified atom stereocenters. The van der Waals surface area contributed by atoms with Crippen LogP contribution in [0, 0.1) is 5.82 Å². The van der Waals surface area contributed by atoms with E-state index in [0.717, 1.165) is 6.08 Å². The lowest BCUT2D eigenvalue weighted by Gasteiger charge is -2.26. The van der Waals surface area contributed by atoms with Gasteiger partial charge >= 0.3 is 6.61 Å². The normalized spacial score (nSPS) is 10.8. The van der Waals surface area contributed by atoms with Crippen LogP contribution in [0.25, 0.3) is 0 Å². The first kappa shape index (κ1) is 27.3. The monoisotopic (exact) mass is 515 g/mol. The van der Waals surface area contributed by atoms with Gasteiger partial charge in [-0.2, -0.15) is 13.8 Å². The zero-order chi connectivity index (χ0) is 26.9. The second-order valence-electron chi connectivity index (χ2n) is 8.18. The van der Waals surface area contributed by atoms with E-state index >= 15 is 0 Å². The smallest absolute Gasteiger partial charge is 0.387 e. The van der Waals surface area contributed by atoms with Crippen LogP contribution in [0.5, 0.6) is 5.75 Å². The number of carbonyl (C=O) groups excluding carboxylic acids is 1. The van der Waals surface area contributed by atoms with Crippen molar-refractivity contribution in [3.8, 4) is 5.75 Å². The predicted octanol–water partition coefficient (Wildman–Crippen LogP) is 4.83. The highest BCUT2D eigenvalue weighted by molar-refractivity contribution is 6.02. The summed E-state index contributed by atoms with van der Waals surface area (Å²) >= 11 is 0. The molecule has 0 saturated heterocycles. The second-order valence-corrected chi connectivity index (χ2v) is 8.18. The number of hydrogen-bond donors (Lipinski definition) is 3. The number of benzene rings is 2. The molecule has 0 fully saturated rings. The summed E-state index contributed by atoms with van der Waals surface area (Å²) in [6, 6.07) is 10.1. The van der Waals surface area contributed by atoms with Crippen LogP contribution in [0.3, 0.4) is 0 Å². The molecule has 1 aromatic heterocycles. The van der Waals surface area contributed by atoms with E-state index in [1.54, 1.807) is 25.2 Å². The van der Waals surface area contributed by atoms with Crippen LogP contribution in [0.2, 0.25) is 0 Å². The Morgan fingerprint density at radius 3 is 2.46 bits per heavy atom. The fourth-order valence-electron chi connectivity index (χ4n) is 3.22. The Hall–Kier alpha value is -4.32. The lowest BCUT2D eigenvalue weighted by Crippen LogP contribution is -2.29. The average Bonchev–Trinajstić information content (AvgIpc) is 2.85. The molecule has 12 heteroatoms. The number of likely N-dealkylation sites (N-methyl/N-ethyl adjacent to an activating group) is 2. The number of anilines is 6. The van der Waals surface area contributed by atoms with E-state index in [2.05, 4.69) is 32.5 Å². The van der Waals surface area contributed by atoms with Crippen molar-refractivity contribution in [2.75, 3.05) is 55.1 Å². The van der Waals surface area contributed by atoms with E-state index in [1.807, 2.05) is 23.9 Å². The van der Waals surface area contributed by atoms with E-state index < -0.39 is 12.5 Å². The molecule has 3 rings (SSSR count). The molecule has 37 heavy (non-hydrogen) atoms. The summed E-state index contributed by atoms with van der Waals surface area (Å²) in [4.78, 5) is 24.4. The second kappa shape index (κ2) is 12.6. The number of rotatable bonds is 12. The summed E-state index contributed by atoms with van der Waals surface area (Å²) < 4.78 is 44.6. The van der Waals surface area contributed by atoms with Gasteiger partial charge in [0.15, 0.2) is 5.75 Å². The lowest BCUT2D eigenvalue weighted by molar-refractivity contribution is -0.111. The highest BCUT2D eigenvalue weighted by Crippen LogP contribution is 2.39. The van der Waals surface area contributed by atoms with E-state index in [1.165, 1.54) is 30.5 Å². The molecule has 9 nitrogen and oxygen atoms in total. The Bertz CT molecular complexity index is 1220. The third-order valence-electron chi connectivity index (χ3n) is 5.07. The highest BCUT2D eigenvalue weighted by atomic mass is 19.3. The molecular formula is C25H28F3N7O2. The Kier molecular flexibility index (Phi) is 9.27. The van der Waals surface area contributed by atoms with Crippen molar-refractivity contribution in [3.05, 3.63) is 67.1 Å². The number of carbonyl (C=O) groups is 1. The molecule has 1 amide bonds. The quantitative estimate of drug-likeness (QED) is 0.296. The molecule has 2 aromatic carbocycles. The summed E-state index contributed by atoms with van der Waals surface area (Å²) in [6.07, 6.45) is 2.56. The molecule has 1 heterocycles. The minimum absolute atomic E-state index is 0.0703. The Morgan fingerprint density at radius 2 is 1.81 bits per heavy atom. The van der Waals surface area contributed by atoms with Crippen molar-refractivity contribution >= 4 is 40.4 Å². The molecule has 0 saturated carbocycles. The third kappa shape index (κ3) is 8.10. The molecule has 0 aliphatic rings. The van der Waals surface area contributed by atoms with Crippen LogP contribution < -0.4 is 25.6 Å². The Labute approximate surface area is 213 Å². The van der Waals surface area contributed by atoms with Gasteiger partial charge in [-0.25, -0.2) is 9.37 Å². The number of halogens is 3. The van der Waals surface area contributed by atoms with Crippen molar-refractivity contribution in [3.63, 3.8) is 0 Å². The first-order chi connectivity index (χ1) is 17.6. The fourth-order valence-corrected chi connectivity index (χ4v) is 3.22. The SMILES string of the molecule is C=CC(=O)Nc1cc(Nc2nccc(Nc3ccc(F)cc3)n2)c(OC(F)F)cc1N(C)CCN(C)C. The maximum Gasteiger partial charge on any atom is 0.387 e. The summed E-state index contributed by atoms with van der Waals surface area (Å²) in [5, 5.41) is 8.59. The first-order valence-electron chi connectivity index (χ1n) is 11.2. The van der Waals surface area contributed by atoms with E-state index in [-0.39, 0.29) is 23.2 Å². The van der Waals surface area contributed by atoms with E-state index in [0.29, 0.717) is 36.0 Å². The van der Waals surface area contributed by atoms with Crippen molar-refractivity contribution in [2.45, 2.75) is 6.61 Å². The van der Waals surface area contributed by atoms with Crippen molar-refractivity contribution in [1.29, 1.82) is 0 Å². The van der Waals surface area contributed by atoms with Gasteiger partial charge in [-0.05, 0) is 56.6 Å². The van der Waals surface area contributed by atoms with E-state index in [9.17, 15) is 18.0 Å². The standard InChI is InChI=1S/C25H28F3N7O2/c1-5-23(36)31-18-14-19(21(37-24(27)28)15-20(18)35(4)13-12-34(2)3)32-25-29-11-10-22(33-25)30-17-8-6-16(26)7-9-17/h5-11,14-15,24H,1,12-13H2,2-4H3,(H,31,36)(H2,29,30,32,33). The number of nitrogens with zero attached hydrogens (tertiary/aromatic N) is 4. The molecule has 196 valence electrons. The molecule has 0 radical (unpaired) electrons. The van der Waals surface area contributed by atoms with E-state index in [4.69, 9.17) is 4.74 Å². The van der Waals surface area contributed by atoms with Gasteiger partial charge in [-0.1, -0.05) is 6.58 Å². The predicted molar refractivity (Wildman–Crippen MR) is 139 cm³/mol. The first-order valence-corrected chi connectivity index (χ1v) is 11.2. The molecule has 0 spiro atoms. The van der Waals surface area contributed by atoms with Crippen LogP contribution >= 0.6 is 0 Å². The van der Waals surface area contributed by atoms with Crippen LogP contribution in [-0.2, 0) is 4.79 Å².